The first-order valence-electron chi connectivity index (χ1n) is 6.37. The van der Waals surface area contributed by atoms with Crippen molar-refractivity contribution in [2.45, 2.75) is 0 Å². The minimum Gasteiger partial charge on any atom is -0.872 e. The summed E-state index contributed by atoms with van der Waals surface area (Å²) in [6.07, 6.45) is 0. The molecule has 98 valence electrons. The summed E-state index contributed by atoms with van der Waals surface area (Å²) >= 11 is 0. The van der Waals surface area contributed by atoms with Gasteiger partial charge in [0, 0.05) is 0 Å². The molecule has 0 atom stereocenters. The summed E-state index contributed by atoms with van der Waals surface area (Å²) in [6.45, 7) is 0. The van der Waals surface area contributed by atoms with Gasteiger partial charge in [0.25, 0.3) is 0 Å². The zero-order chi connectivity index (χ0) is 13.9. The maximum Gasteiger partial charge on any atom is -0.0184 e. The highest BCUT2D eigenvalue weighted by atomic mass is 16.3. The van der Waals surface area contributed by atoms with E-state index in [4.69, 9.17) is 0 Å². The van der Waals surface area contributed by atoms with Crippen LogP contribution in [0.4, 0.5) is 0 Å². The van der Waals surface area contributed by atoms with Crippen LogP contribution < -0.4 is 10.2 Å². The molecule has 0 spiro atoms. The number of rotatable bonds is 2. The molecule has 0 N–H and O–H groups in total. The van der Waals surface area contributed by atoms with Crippen LogP contribution in [0, 0.1) is 0 Å². The number of hydrogen-bond donors (Lipinski definition) is 0. The zero-order valence-electron chi connectivity index (χ0n) is 10.7. The van der Waals surface area contributed by atoms with Crippen molar-refractivity contribution in [3.8, 4) is 33.8 Å². The standard InChI is InChI=1S/C18H14O2/c19-17-9-5-15(6-10-17)13-1-2-14(4-3-13)16-7-11-18(20)12-8-16/h1-12,19-20H/p-2. The molecule has 0 fully saturated rings. The van der Waals surface area contributed by atoms with Gasteiger partial charge >= 0.3 is 0 Å². The summed E-state index contributed by atoms with van der Waals surface area (Å²) in [4.78, 5) is 0. The molecule has 3 aromatic carbocycles. The summed E-state index contributed by atoms with van der Waals surface area (Å²) in [5.41, 5.74) is 4.17. The second-order valence-electron chi connectivity index (χ2n) is 4.63. The lowest BCUT2D eigenvalue weighted by Crippen LogP contribution is -1.88. The summed E-state index contributed by atoms with van der Waals surface area (Å²) in [5.74, 6) is 0.0335. The van der Waals surface area contributed by atoms with Crippen molar-refractivity contribution >= 4 is 0 Å². The van der Waals surface area contributed by atoms with E-state index in [9.17, 15) is 10.2 Å². The highest BCUT2D eigenvalue weighted by molar-refractivity contribution is 5.70. The second kappa shape index (κ2) is 5.10. The van der Waals surface area contributed by atoms with E-state index in [2.05, 4.69) is 0 Å². The largest absolute Gasteiger partial charge is 0.872 e. The molecule has 2 nitrogen and oxygen atoms in total. The van der Waals surface area contributed by atoms with E-state index in [0.29, 0.717) is 0 Å². The predicted octanol–water partition coefficient (Wildman–Crippen LogP) is 3.17. The Morgan fingerprint density at radius 2 is 0.550 bits per heavy atom. The van der Waals surface area contributed by atoms with Crippen molar-refractivity contribution in [1.82, 2.24) is 0 Å². The van der Waals surface area contributed by atoms with Gasteiger partial charge in [-0.2, -0.15) is 0 Å². The Morgan fingerprint density at radius 1 is 0.350 bits per heavy atom. The Hall–Kier alpha value is -2.74. The summed E-state index contributed by atoms with van der Waals surface area (Å²) in [6, 6.07) is 21.6. The Balaban J connectivity index is 1.91. The molecule has 2 heteroatoms. The van der Waals surface area contributed by atoms with Gasteiger partial charge in [-0.1, -0.05) is 72.8 Å². The maximum atomic E-state index is 11.1. The van der Waals surface area contributed by atoms with Crippen LogP contribution in [0.15, 0.2) is 72.8 Å². The van der Waals surface area contributed by atoms with E-state index in [1.54, 1.807) is 24.3 Å². The van der Waals surface area contributed by atoms with Crippen LogP contribution in [-0.4, -0.2) is 0 Å². The van der Waals surface area contributed by atoms with Crippen LogP contribution in [0.1, 0.15) is 0 Å². The van der Waals surface area contributed by atoms with Crippen LogP contribution in [0.5, 0.6) is 11.5 Å². The highest BCUT2D eigenvalue weighted by Gasteiger charge is 1.99. The molecule has 0 saturated carbocycles. The van der Waals surface area contributed by atoms with Crippen LogP contribution in [-0.2, 0) is 0 Å². The highest BCUT2D eigenvalue weighted by Crippen LogP contribution is 2.26. The van der Waals surface area contributed by atoms with E-state index >= 15 is 0 Å². The first-order valence-corrected chi connectivity index (χ1v) is 6.37. The number of benzene rings is 3. The van der Waals surface area contributed by atoms with Gasteiger partial charge in [-0.3, -0.25) is 0 Å². The van der Waals surface area contributed by atoms with Crippen molar-refractivity contribution in [2.24, 2.45) is 0 Å². The summed E-state index contributed by atoms with van der Waals surface area (Å²) in [5, 5.41) is 22.2. The van der Waals surface area contributed by atoms with Crippen molar-refractivity contribution in [1.29, 1.82) is 0 Å². The van der Waals surface area contributed by atoms with Gasteiger partial charge in [-0.15, -0.1) is 11.5 Å². The van der Waals surface area contributed by atoms with Crippen LogP contribution in [0.2, 0.25) is 0 Å². The molecule has 0 aliphatic heterocycles. The van der Waals surface area contributed by atoms with E-state index < -0.39 is 0 Å². The van der Waals surface area contributed by atoms with E-state index in [0.717, 1.165) is 22.3 Å². The molecule has 0 aliphatic carbocycles. The molecule has 0 radical (unpaired) electrons. The van der Waals surface area contributed by atoms with Crippen molar-refractivity contribution in [3.63, 3.8) is 0 Å². The molecule has 0 unspecified atom stereocenters. The van der Waals surface area contributed by atoms with Gasteiger partial charge < -0.3 is 10.2 Å². The molecule has 0 saturated heterocycles. The first-order chi connectivity index (χ1) is 9.72. The molecular formula is C18H12O2-2. The SMILES string of the molecule is [O-]c1ccc(-c2ccc(-c3ccc([O-])cc3)cc2)cc1. The molecule has 0 amide bonds. The third-order valence-corrected chi connectivity index (χ3v) is 3.26. The van der Waals surface area contributed by atoms with E-state index in [1.807, 2.05) is 48.5 Å². The molecule has 0 bridgehead atoms. The lowest BCUT2D eigenvalue weighted by Gasteiger charge is -2.09. The molecular weight excluding hydrogens is 248 g/mol. The normalized spacial score (nSPS) is 10.4. The quantitative estimate of drug-likeness (QED) is 0.710. The average molecular weight is 260 g/mol. The minimum atomic E-state index is 0.0167. The smallest absolute Gasteiger partial charge is 0.0184 e. The third kappa shape index (κ3) is 2.50. The molecule has 3 aromatic rings. The van der Waals surface area contributed by atoms with Gasteiger partial charge in [0.15, 0.2) is 0 Å². The topological polar surface area (TPSA) is 46.1 Å². The van der Waals surface area contributed by atoms with Gasteiger partial charge in [-0.05, 0) is 22.3 Å². The fourth-order valence-corrected chi connectivity index (χ4v) is 2.15. The van der Waals surface area contributed by atoms with E-state index in [-0.39, 0.29) is 11.5 Å². The molecule has 20 heavy (non-hydrogen) atoms. The predicted molar refractivity (Wildman–Crippen MR) is 76.2 cm³/mol. The van der Waals surface area contributed by atoms with Crippen LogP contribution in [0.25, 0.3) is 22.3 Å². The molecule has 0 aliphatic rings. The lowest BCUT2D eigenvalue weighted by atomic mass is 10.0. The second-order valence-corrected chi connectivity index (χ2v) is 4.63. The Bertz CT molecular complexity index is 631. The fraction of sp³-hybridized carbons (Fsp3) is 0. The third-order valence-electron chi connectivity index (χ3n) is 3.26. The van der Waals surface area contributed by atoms with E-state index in [1.165, 1.54) is 0 Å². The molecule has 0 heterocycles. The minimum absolute atomic E-state index is 0.0167. The Morgan fingerprint density at radius 3 is 0.800 bits per heavy atom. The molecule has 0 aromatic heterocycles. The monoisotopic (exact) mass is 260 g/mol. The maximum absolute atomic E-state index is 11.1. The van der Waals surface area contributed by atoms with Crippen LogP contribution in [0.3, 0.4) is 0 Å². The first kappa shape index (κ1) is 12.3. The van der Waals surface area contributed by atoms with Gasteiger partial charge in [0.2, 0.25) is 0 Å². The van der Waals surface area contributed by atoms with Crippen LogP contribution >= 0.6 is 0 Å². The lowest BCUT2D eigenvalue weighted by molar-refractivity contribution is -0.268. The van der Waals surface area contributed by atoms with Gasteiger partial charge in [-0.25, -0.2) is 0 Å². The van der Waals surface area contributed by atoms with Gasteiger partial charge in [0.1, 0.15) is 0 Å². The summed E-state index contributed by atoms with van der Waals surface area (Å²) < 4.78 is 0. The average Bonchev–Trinajstić information content (AvgIpc) is 2.49. The Kier molecular flexibility index (Phi) is 3.13. The summed E-state index contributed by atoms with van der Waals surface area (Å²) in [7, 11) is 0. The van der Waals surface area contributed by atoms with Crippen molar-refractivity contribution in [3.05, 3.63) is 72.8 Å². The zero-order valence-corrected chi connectivity index (χ0v) is 10.7. The number of hydrogen-bond acceptors (Lipinski definition) is 2. The fourth-order valence-electron chi connectivity index (χ4n) is 2.15. The van der Waals surface area contributed by atoms with Crippen molar-refractivity contribution in [2.75, 3.05) is 0 Å². The van der Waals surface area contributed by atoms with Crippen molar-refractivity contribution < 1.29 is 10.2 Å². The molecule has 3 rings (SSSR count). The Labute approximate surface area is 117 Å². The van der Waals surface area contributed by atoms with Gasteiger partial charge in [0.05, 0.1) is 0 Å².